The monoisotopic (exact) mass is 241 g/mol. The van der Waals surface area contributed by atoms with Crippen molar-refractivity contribution in [2.75, 3.05) is 20.6 Å². The van der Waals surface area contributed by atoms with Crippen molar-refractivity contribution in [1.29, 1.82) is 0 Å². The first-order chi connectivity index (χ1) is 7.52. The summed E-state index contributed by atoms with van der Waals surface area (Å²) in [5.41, 5.74) is 2.96. The fraction of sp³-hybridized carbons (Fsp3) is 0.636. The van der Waals surface area contributed by atoms with Crippen LogP contribution < -0.4 is 5.32 Å². The lowest BCUT2D eigenvalue weighted by Crippen LogP contribution is -2.42. The summed E-state index contributed by atoms with van der Waals surface area (Å²) in [6, 6.07) is -0.122. The molecule has 1 aromatic heterocycles. The molecule has 1 N–H and O–H groups in total. The zero-order valence-corrected chi connectivity index (χ0v) is 11.1. The Hall–Kier alpha value is -0.940. The number of hydrogen-bond donors (Lipinski definition) is 1. The van der Waals surface area contributed by atoms with Crippen LogP contribution in [0.1, 0.15) is 17.5 Å². The molecular weight excluding hydrogens is 222 g/mol. The van der Waals surface area contributed by atoms with Gasteiger partial charge in [-0.25, -0.2) is 4.98 Å². The number of rotatable bonds is 5. The van der Waals surface area contributed by atoms with Crippen LogP contribution in [0.25, 0.3) is 0 Å². The largest absolute Gasteiger partial charge is 0.347 e. The Balaban J connectivity index is 2.31. The molecule has 0 aliphatic heterocycles. The van der Waals surface area contributed by atoms with E-state index in [1.807, 2.05) is 19.4 Å². The van der Waals surface area contributed by atoms with E-state index in [2.05, 4.69) is 10.3 Å². The van der Waals surface area contributed by atoms with Crippen molar-refractivity contribution in [3.8, 4) is 0 Å². The van der Waals surface area contributed by atoms with Crippen LogP contribution in [0.15, 0.2) is 5.51 Å². The maximum absolute atomic E-state index is 11.6. The summed E-state index contributed by atoms with van der Waals surface area (Å²) in [5, 5.41) is 3.22. The minimum Gasteiger partial charge on any atom is -0.347 e. The molecule has 16 heavy (non-hydrogen) atoms. The van der Waals surface area contributed by atoms with Gasteiger partial charge in [0.15, 0.2) is 0 Å². The minimum absolute atomic E-state index is 0.112. The molecule has 0 aromatic carbocycles. The molecular formula is C11H19N3OS. The number of nitrogens with one attached hydrogen (secondary N) is 1. The van der Waals surface area contributed by atoms with Crippen molar-refractivity contribution in [3.05, 3.63) is 16.1 Å². The third-order valence-corrected chi connectivity index (χ3v) is 3.45. The Labute approximate surface area is 101 Å². The van der Waals surface area contributed by atoms with Crippen LogP contribution in [0.5, 0.6) is 0 Å². The van der Waals surface area contributed by atoms with Crippen molar-refractivity contribution in [2.45, 2.75) is 26.3 Å². The van der Waals surface area contributed by atoms with Gasteiger partial charge in [0.25, 0.3) is 0 Å². The second-order valence-corrected chi connectivity index (χ2v) is 4.96. The van der Waals surface area contributed by atoms with E-state index in [9.17, 15) is 4.79 Å². The topological polar surface area (TPSA) is 45.2 Å². The molecule has 1 rings (SSSR count). The van der Waals surface area contributed by atoms with Crippen molar-refractivity contribution in [3.63, 3.8) is 0 Å². The summed E-state index contributed by atoms with van der Waals surface area (Å²) in [6.07, 6.45) is 0.932. The number of carbonyl (C=O) groups excluding carboxylic acids is 1. The number of hydrogen-bond acceptors (Lipinski definition) is 4. The maximum atomic E-state index is 11.6. The predicted octanol–water partition coefficient (Wildman–Crippen LogP) is 1.06. The van der Waals surface area contributed by atoms with E-state index in [1.54, 1.807) is 30.3 Å². The van der Waals surface area contributed by atoms with Gasteiger partial charge in [0, 0.05) is 25.5 Å². The lowest BCUT2D eigenvalue weighted by Gasteiger charge is -2.17. The Morgan fingerprint density at radius 2 is 2.31 bits per heavy atom. The van der Waals surface area contributed by atoms with Gasteiger partial charge in [-0.3, -0.25) is 4.79 Å². The molecule has 0 spiro atoms. The van der Waals surface area contributed by atoms with E-state index in [4.69, 9.17) is 0 Å². The number of aromatic nitrogens is 1. The fourth-order valence-electron chi connectivity index (χ4n) is 1.44. The van der Waals surface area contributed by atoms with Gasteiger partial charge in [-0.05, 0) is 20.3 Å². The molecule has 0 fully saturated rings. The summed E-state index contributed by atoms with van der Waals surface area (Å²) in [5.74, 6) is 0.112. The number of amides is 1. The number of carbonyl (C=O) groups is 1. The maximum Gasteiger partial charge on any atom is 0.238 e. The summed E-state index contributed by atoms with van der Waals surface area (Å²) in [4.78, 5) is 18.6. The first kappa shape index (κ1) is 13.1. The van der Waals surface area contributed by atoms with Crippen molar-refractivity contribution in [2.24, 2.45) is 0 Å². The molecule has 0 aliphatic carbocycles. The number of aryl methyl sites for hydroxylation is 1. The molecule has 1 atom stereocenters. The van der Waals surface area contributed by atoms with E-state index in [0.717, 1.165) is 18.7 Å². The highest BCUT2D eigenvalue weighted by atomic mass is 32.1. The number of nitrogens with zero attached hydrogens (tertiary/aromatic N) is 2. The zero-order valence-electron chi connectivity index (χ0n) is 10.3. The van der Waals surface area contributed by atoms with Gasteiger partial charge >= 0.3 is 0 Å². The zero-order chi connectivity index (χ0) is 12.1. The van der Waals surface area contributed by atoms with Gasteiger partial charge in [0.2, 0.25) is 5.91 Å². The van der Waals surface area contributed by atoms with Gasteiger partial charge in [-0.1, -0.05) is 0 Å². The van der Waals surface area contributed by atoms with E-state index < -0.39 is 0 Å². The molecule has 0 aliphatic rings. The Bertz CT molecular complexity index is 349. The summed E-state index contributed by atoms with van der Waals surface area (Å²) in [6.45, 7) is 4.71. The standard InChI is InChI=1S/C11H19N3OS/c1-8-10(16-7-13-8)5-6-12-9(2)11(15)14(3)4/h7,9,12H,5-6H2,1-4H3. The molecule has 5 heteroatoms. The highest BCUT2D eigenvalue weighted by Gasteiger charge is 2.13. The van der Waals surface area contributed by atoms with Crippen LogP contribution in [-0.4, -0.2) is 42.5 Å². The third kappa shape index (κ3) is 3.57. The Kier molecular flexibility index (Phi) is 4.89. The molecule has 0 saturated carbocycles. The first-order valence-electron chi connectivity index (χ1n) is 5.36. The second kappa shape index (κ2) is 5.96. The molecule has 1 amide bonds. The van der Waals surface area contributed by atoms with Crippen molar-refractivity contribution < 1.29 is 4.79 Å². The van der Waals surface area contributed by atoms with Crippen molar-refractivity contribution in [1.82, 2.24) is 15.2 Å². The Morgan fingerprint density at radius 3 is 2.81 bits per heavy atom. The minimum atomic E-state index is -0.122. The average molecular weight is 241 g/mol. The molecule has 0 saturated heterocycles. The molecule has 1 aromatic rings. The van der Waals surface area contributed by atoms with Gasteiger partial charge in [0.05, 0.1) is 17.2 Å². The highest BCUT2D eigenvalue weighted by molar-refractivity contribution is 7.09. The van der Waals surface area contributed by atoms with Crippen LogP contribution in [0, 0.1) is 6.92 Å². The first-order valence-corrected chi connectivity index (χ1v) is 6.24. The summed E-state index contributed by atoms with van der Waals surface area (Å²) < 4.78 is 0. The molecule has 90 valence electrons. The molecule has 0 bridgehead atoms. The molecule has 1 heterocycles. The summed E-state index contributed by atoms with van der Waals surface area (Å²) in [7, 11) is 3.54. The third-order valence-electron chi connectivity index (χ3n) is 2.46. The highest BCUT2D eigenvalue weighted by Crippen LogP contribution is 2.11. The second-order valence-electron chi connectivity index (χ2n) is 4.02. The summed E-state index contributed by atoms with van der Waals surface area (Å²) >= 11 is 1.67. The molecule has 4 nitrogen and oxygen atoms in total. The van der Waals surface area contributed by atoms with Gasteiger partial charge in [-0.15, -0.1) is 11.3 Å². The van der Waals surface area contributed by atoms with E-state index >= 15 is 0 Å². The lowest BCUT2D eigenvalue weighted by atomic mass is 10.2. The van der Waals surface area contributed by atoms with Crippen molar-refractivity contribution >= 4 is 17.2 Å². The van der Waals surface area contributed by atoms with Crippen LogP contribution in [0.3, 0.4) is 0 Å². The fourth-order valence-corrected chi connectivity index (χ4v) is 2.22. The SMILES string of the molecule is Cc1ncsc1CCNC(C)C(=O)N(C)C. The normalized spacial score (nSPS) is 12.5. The van der Waals surface area contributed by atoms with Crippen LogP contribution >= 0.6 is 11.3 Å². The molecule has 0 radical (unpaired) electrons. The van der Waals surface area contributed by atoms with Crippen LogP contribution in [-0.2, 0) is 11.2 Å². The number of thiazole rings is 1. The molecule has 1 unspecified atom stereocenters. The lowest BCUT2D eigenvalue weighted by molar-refractivity contribution is -0.130. The average Bonchev–Trinajstić information content (AvgIpc) is 2.63. The van der Waals surface area contributed by atoms with E-state index in [0.29, 0.717) is 0 Å². The number of likely N-dealkylation sites (N-methyl/N-ethyl adjacent to an activating group) is 1. The quantitative estimate of drug-likeness (QED) is 0.838. The van der Waals surface area contributed by atoms with E-state index in [-0.39, 0.29) is 11.9 Å². The van der Waals surface area contributed by atoms with Gasteiger partial charge in [-0.2, -0.15) is 0 Å². The van der Waals surface area contributed by atoms with Gasteiger partial charge in [0.1, 0.15) is 0 Å². The Morgan fingerprint density at radius 1 is 1.62 bits per heavy atom. The predicted molar refractivity (Wildman–Crippen MR) is 66.7 cm³/mol. The smallest absolute Gasteiger partial charge is 0.238 e. The van der Waals surface area contributed by atoms with Crippen LogP contribution in [0.2, 0.25) is 0 Å². The van der Waals surface area contributed by atoms with E-state index in [1.165, 1.54) is 4.88 Å². The van der Waals surface area contributed by atoms with Gasteiger partial charge < -0.3 is 10.2 Å². The van der Waals surface area contributed by atoms with Crippen LogP contribution in [0.4, 0.5) is 0 Å².